The lowest BCUT2D eigenvalue weighted by Crippen LogP contribution is -2.01. The van der Waals surface area contributed by atoms with Gasteiger partial charge >= 0.3 is 0 Å². The van der Waals surface area contributed by atoms with Crippen LogP contribution in [0, 0.1) is 17.1 Å². The molecule has 0 unspecified atom stereocenters. The van der Waals surface area contributed by atoms with Crippen molar-refractivity contribution in [2.75, 3.05) is 5.73 Å². The van der Waals surface area contributed by atoms with Gasteiger partial charge in [0.2, 0.25) is 0 Å². The van der Waals surface area contributed by atoms with Crippen molar-refractivity contribution in [2.45, 2.75) is 0 Å². The van der Waals surface area contributed by atoms with Crippen LogP contribution in [0.1, 0.15) is 5.56 Å². The fraction of sp³-hybridized carbons (Fsp3) is 0. The lowest BCUT2D eigenvalue weighted by Gasteiger charge is -2.02. The number of halogens is 1. The predicted octanol–water partition coefficient (Wildman–Crippen LogP) is 3.13. The van der Waals surface area contributed by atoms with E-state index >= 15 is 0 Å². The molecule has 21 heavy (non-hydrogen) atoms. The predicted molar refractivity (Wildman–Crippen MR) is 78.1 cm³/mol. The Morgan fingerprint density at radius 3 is 2.38 bits per heavy atom. The highest BCUT2D eigenvalue weighted by Crippen LogP contribution is 2.30. The Morgan fingerprint density at radius 1 is 1.05 bits per heavy atom. The molecule has 0 saturated carbocycles. The zero-order valence-electron chi connectivity index (χ0n) is 11.0. The van der Waals surface area contributed by atoms with Crippen LogP contribution < -0.4 is 5.73 Å². The van der Waals surface area contributed by atoms with Crippen molar-refractivity contribution in [3.8, 4) is 23.0 Å². The second-order valence-corrected chi connectivity index (χ2v) is 4.45. The number of nitrogens with two attached hydrogens (primary N) is 1. The third-order valence-electron chi connectivity index (χ3n) is 3.16. The van der Waals surface area contributed by atoms with Crippen LogP contribution in [-0.4, -0.2) is 9.78 Å². The Hall–Kier alpha value is -3.13. The van der Waals surface area contributed by atoms with Crippen LogP contribution in [-0.2, 0) is 0 Å². The molecule has 0 bridgehead atoms. The van der Waals surface area contributed by atoms with E-state index in [0.717, 1.165) is 0 Å². The molecule has 1 aromatic heterocycles. The molecule has 3 aromatic rings. The smallest absolute Gasteiger partial charge is 0.145 e. The SMILES string of the molecule is N#Cc1c(-c2ccccc2F)nn(-c2ccccc2)c1N. The molecule has 0 atom stereocenters. The minimum absolute atomic E-state index is 0.170. The largest absolute Gasteiger partial charge is 0.382 e. The van der Waals surface area contributed by atoms with Gasteiger partial charge in [-0.15, -0.1) is 0 Å². The summed E-state index contributed by atoms with van der Waals surface area (Å²) in [7, 11) is 0. The monoisotopic (exact) mass is 278 g/mol. The van der Waals surface area contributed by atoms with Gasteiger partial charge in [-0.3, -0.25) is 0 Å². The van der Waals surface area contributed by atoms with Gasteiger partial charge in [-0.25, -0.2) is 9.07 Å². The molecule has 5 heteroatoms. The number of anilines is 1. The van der Waals surface area contributed by atoms with Crippen molar-refractivity contribution in [2.24, 2.45) is 0 Å². The molecule has 1 heterocycles. The second kappa shape index (κ2) is 5.10. The van der Waals surface area contributed by atoms with Crippen molar-refractivity contribution in [1.29, 1.82) is 5.26 Å². The first-order chi connectivity index (χ1) is 10.2. The van der Waals surface area contributed by atoms with E-state index in [1.165, 1.54) is 10.7 Å². The van der Waals surface area contributed by atoms with Gasteiger partial charge in [-0.05, 0) is 24.3 Å². The van der Waals surface area contributed by atoms with Crippen LogP contribution in [0.5, 0.6) is 0 Å². The number of rotatable bonds is 2. The van der Waals surface area contributed by atoms with Crippen molar-refractivity contribution < 1.29 is 4.39 Å². The number of hydrogen-bond acceptors (Lipinski definition) is 3. The topological polar surface area (TPSA) is 67.6 Å². The lowest BCUT2D eigenvalue weighted by molar-refractivity contribution is 0.630. The molecule has 0 radical (unpaired) electrons. The van der Waals surface area contributed by atoms with Crippen LogP contribution in [0.15, 0.2) is 54.6 Å². The van der Waals surface area contributed by atoms with Crippen molar-refractivity contribution in [3.05, 3.63) is 66.0 Å². The van der Waals surface area contributed by atoms with Crippen LogP contribution in [0.3, 0.4) is 0 Å². The summed E-state index contributed by atoms with van der Waals surface area (Å²) in [6.45, 7) is 0. The Labute approximate surface area is 120 Å². The summed E-state index contributed by atoms with van der Waals surface area (Å²) in [4.78, 5) is 0. The number of benzene rings is 2. The van der Waals surface area contributed by atoms with Gasteiger partial charge in [0.15, 0.2) is 0 Å². The first kappa shape index (κ1) is 12.9. The van der Waals surface area contributed by atoms with E-state index in [2.05, 4.69) is 5.10 Å². The van der Waals surface area contributed by atoms with Crippen LogP contribution in [0.25, 0.3) is 16.9 Å². The van der Waals surface area contributed by atoms with Crippen molar-refractivity contribution in [3.63, 3.8) is 0 Å². The Morgan fingerprint density at radius 2 is 1.71 bits per heavy atom. The fourth-order valence-electron chi connectivity index (χ4n) is 2.15. The van der Waals surface area contributed by atoms with E-state index in [0.29, 0.717) is 5.69 Å². The van der Waals surface area contributed by atoms with Crippen LogP contribution >= 0.6 is 0 Å². The zero-order chi connectivity index (χ0) is 14.8. The summed E-state index contributed by atoms with van der Waals surface area (Å²) in [6.07, 6.45) is 0. The molecule has 3 rings (SSSR count). The Kier molecular flexibility index (Phi) is 3.13. The van der Waals surface area contributed by atoms with Gasteiger partial charge in [0.1, 0.15) is 29.0 Å². The number of nitrogen functional groups attached to an aromatic ring is 1. The fourth-order valence-corrected chi connectivity index (χ4v) is 2.15. The molecule has 0 amide bonds. The lowest BCUT2D eigenvalue weighted by atomic mass is 10.1. The number of aromatic nitrogens is 2. The van der Waals surface area contributed by atoms with Crippen molar-refractivity contribution >= 4 is 5.82 Å². The van der Waals surface area contributed by atoms with E-state index in [1.54, 1.807) is 18.2 Å². The Bertz CT molecular complexity index is 831. The van der Waals surface area contributed by atoms with Gasteiger partial charge in [0.05, 0.1) is 5.69 Å². The molecule has 2 N–H and O–H groups in total. The van der Waals surface area contributed by atoms with Gasteiger partial charge < -0.3 is 5.73 Å². The molecule has 0 aliphatic carbocycles. The minimum Gasteiger partial charge on any atom is -0.382 e. The maximum absolute atomic E-state index is 13.9. The number of hydrogen-bond donors (Lipinski definition) is 1. The molecule has 0 aliphatic rings. The van der Waals surface area contributed by atoms with Crippen LogP contribution in [0.4, 0.5) is 10.2 Å². The maximum Gasteiger partial charge on any atom is 0.145 e. The summed E-state index contributed by atoms with van der Waals surface area (Å²) >= 11 is 0. The molecule has 4 nitrogen and oxygen atoms in total. The van der Waals surface area contributed by atoms with E-state index in [4.69, 9.17) is 5.73 Å². The first-order valence-corrected chi connectivity index (χ1v) is 6.31. The van der Waals surface area contributed by atoms with E-state index < -0.39 is 5.82 Å². The molecule has 0 fully saturated rings. The summed E-state index contributed by atoms with van der Waals surface area (Å²) in [5.41, 5.74) is 7.38. The summed E-state index contributed by atoms with van der Waals surface area (Å²) in [6, 6.07) is 17.4. The normalized spacial score (nSPS) is 10.3. The maximum atomic E-state index is 13.9. The van der Waals surface area contributed by atoms with Crippen LogP contribution in [0.2, 0.25) is 0 Å². The number of para-hydroxylation sites is 1. The van der Waals surface area contributed by atoms with Crippen molar-refractivity contribution in [1.82, 2.24) is 9.78 Å². The molecular formula is C16H11FN4. The third kappa shape index (κ3) is 2.13. The zero-order valence-corrected chi connectivity index (χ0v) is 11.0. The van der Waals surface area contributed by atoms with Gasteiger partial charge in [-0.2, -0.15) is 10.4 Å². The second-order valence-electron chi connectivity index (χ2n) is 4.45. The minimum atomic E-state index is -0.438. The Balaban J connectivity index is 2.25. The van der Waals surface area contributed by atoms with E-state index in [1.807, 2.05) is 36.4 Å². The first-order valence-electron chi connectivity index (χ1n) is 6.31. The molecule has 102 valence electrons. The van der Waals surface area contributed by atoms with E-state index in [9.17, 15) is 9.65 Å². The molecule has 0 saturated heterocycles. The van der Waals surface area contributed by atoms with Gasteiger partial charge in [-0.1, -0.05) is 30.3 Å². The summed E-state index contributed by atoms with van der Waals surface area (Å²) in [5.74, 6) is -0.242. The van der Waals surface area contributed by atoms with Gasteiger partial charge in [0.25, 0.3) is 0 Å². The highest BCUT2D eigenvalue weighted by Gasteiger charge is 2.19. The highest BCUT2D eigenvalue weighted by molar-refractivity contribution is 5.74. The molecular weight excluding hydrogens is 267 g/mol. The van der Waals surface area contributed by atoms with E-state index in [-0.39, 0.29) is 22.6 Å². The molecule has 0 aliphatic heterocycles. The highest BCUT2D eigenvalue weighted by atomic mass is 19.1. The average molecular weight is 278 g/mol. The van der Waals surface area contributed by atoms with Gasteiger partial charge in [0, 0.05) is 5.56 Å². The molecule has 2 aromatic carbocycles. The number of nitriles is 1. The molecule has 0 spiro atoms. The standard InChI is InChI=1S/C16H11FN4/c17-14-9-5-4-8-12(14)15-13(10-18)16(19)21(20-15)11-6-2-1-3-7-11/h1-9H,19H2. The summed E-state index contributed by atoms with van der Waals surface area (Å²) < 4.78 is 15.4. The quantitative estimate of drug-likeness (QED) is 0.783. The number of nitrogens with zero attached hydrogens (tertiary/aromatic N) is 3. The average Bonchev–Trinajstić information content (AvgIpc) is 2.85. The summed E-state index contributed by atoms with van der Waals surface area (Å²) in [5, 5.41) is 13.6. The third-order valence-corrected chi connectivity index (χ3v) is 3.16.